The van der Waals surface area contributed by atoms with Gasteiger partial charge in [-0.3, -0.25) is 9.36 Å². The van der Waals surface area contributed by atoms with Crippen molar-refractivity contribution in [3.05, 3.63) is 51.3 Å². The lowest BCUT2D eigenvalue weighted by Crippen LogP contribution is -2.22. The minimum absolute atomic E-state index is 0.0346. The van der Waals surface area contributed by atoms with Crippen molar-refractivity contribution in [3.63, 3.8) is 0 Å². The lowest BCUT2D eigenvalue weighted by atomic mass is 10.1. The first-order valence-electron chi connectivity index (χ1n) is 8.60. The Balaban J connectivity index is 2.41. The Labute approximate surface area is 161 Å². The third-order valence-corrected chi connectivity index (χ3v) is 3.95. The summed E-state index contributed by atoms with van der Waals surface area (Å²) in [7, 11) is 0. The normalized spacial score (nSPS) is 10.8. The van der Waals surface area contributed by atoms with E-state index in [0.717, 1.165) is 4.57 Å². The summed E-state index contributed by atoms with van der Waals surface area (Å²) in [5.41, 5.74) is 0.178. The fraction of sp³-hybridized carbons (Fsp3) is 0.316. The maximum absolute atomic E-state index is 12.6. The zero-order valence-electron chi connectivity index (χ0n) is 15.5. The predicted octanol–water partition coefficient (Wildman–Crippen LogP) is 2.71. The number of aromatic hydroxyl groups is 1. The molecule has 9 nitrogen and oxygen atoms in total. The molecular formula is C19H20N4O5. The van der Waals surface area contributed by atoms with E-state index in [1.54, 1.807) is 19.1 Å². The first-order chi connectivity index (χ1) is 13.4. The number of azo groups is 1. The molecule has 0 aliphatic rings. The number of rotatable bonds is 7. The molecule has 28 heavy (non-hydrogen) atoms. The van der Waals surface area contributed by atoms with Crippen molar-refractivity contribution in [1.82, 2.24) is 4.57 Å². The molecule has 0 fully saturated rings. The number of hydrogen-bond acceptors (Lipinski definition) is 8. The zero-order chi connectivity index (χ0) is 20.7. The maximum Gasteiger partial charge on any atom is 0.338 e. The Bertz CT molecular complexity index is 987. The topological polar surface area (TPSA) is 137 Å². The highest BCUT2D eigenvalue weighted by molar-refractivity contribution is 5.89. The standard InChI is InChI=1S/C19H20N4O5/c1-3-28-19(27)13-5-7-14(8-6-13)21-22-16-12(2)15(11-20)17(25)23(18(16)26)9-4-10-24/h5-8,24-25H,3-4,9-10H2,1-2H3. The predicted molar refractivity (Wildman–Crippen MR) is 100 cm³/mol. The van der Waals surface area contributed by atoms with Gasteiger partial charge in [-0.1, -0.05) is 0 Å². The Morgan fingerprint density at radius 3 is 2.54 bits per heavy atom. The highest BCUT2D eigenvalue weighted by Crippen LogP contribution is 2.27. The smallest absolute Gasteiger partial charge is 0.338 e. The second-order valence-electron chi connectivity index (χ2n) is 5.79. The molecule has 0 radical (unpaired) electrons. The summed E-state index contributed by atoms with van der Waals surface area (Å²) in [5.74, 6) is -0.915. The minimum Gasteiger partial charge on any atom is -0.493 e. The van der Waals surface area contributed by atoms with E-state index in [4.69, 9.17) is 9.84 Å². The Kier molecular flexibility index (Phi) is 7.01. The number of benzene rings is 1. The first-order valence-corrected chi connectivity index (χ1v) is 8.60. The van der Waals surface area contributed by atoms with Gasteiger partial charge in [0.2, 0.25) is 5.88 Å². The summed E-state index contributed by atoms with van der Waals surface area (Å²) < 4.78 is 5.89. The van der Waals surface area contributed by atoms with Crippen molar-refractivity contribution >= 4 is 17.3 Å². The molecule has 1 aromatic heterocycles. The van der Waals surface area contributed by atoms with E-state index in [2.05, 4.69) is 10.2 Å². The summed E-state index contributed by atoms with van der Waals surface area (Å²) in [6.07, 6.45) is 0.229. The van der Waals surface area contributed by atoms with Crippen LogP contribution in [-0.2, 0) is 11.3 Å². The molecule has 0 unspecified atom stereocenters. The van der Waals surface area contributed by atoms with Crippen molar-refractivity contribution in [1.29, 1.82) is 5.26 Å². The molecule has 0 saturated carbocycles. The molecule has 1 aromatic carbocycles. The largest absolute Gasteiger partial charge is 0.493 e. The van der Waals surface area contributed by atoms with Gasteiger partial charge in [0.25, 0.3) is 5.56 Å². The molecule has 2 N–H and O–H groups in total. The Hall–Kier alpha value is -3.51. The second-order valence-corrected chi connectivity index (χ2v) is 5.79. The average molecular weight is 384 g/mol. The van der Waals surface area contributed by atoms with Crippen molar-refractivity contribution in [2.24, 2.45) is 10.2 Å². The van der Waals surface area contributed by atoms with Crippen LogP contribution in [-0.4, -0.2) is 34.0 Å². The summed E-state index contributed by atoms with van der Waals surface area (Å²) in [4.78, 5) is 24.3. The van der Waals surface area contributed by atoms with E-state index < -0.39 is 17.4 Å². The highest BCUT2D eigenvalue weighted by atomic mass is 16.5. The number of aliphatic hydroxyl groups excluding tert-OH is 1. The number of hydrogen-bond donors (Lipinski definition) is 2. The van der Waals surface area contributed by atoms with E-state index in [0.29, 0.717) is 11.3 Å². The van der Waals surface area contributed by atoms with Crippen LogP contribution < -0.4 is 5.56 Å². The summed E-state index contributed by atoms with van der Waals surface area (Å²) in [6.45, 7) is 3.33. The fourth-order valence-electron chi connectivity index (χ4n) is 2.48. The van der Waals surface area contributed by atoms with Gasteiger partial charge in [-0.25, -0.2) is 4.79 Å². The lowest BCUT2D eigenvalue weighted by molar-refractivity contribution is 0.0526. The van der Waals surface area contributed by atoms with Crippen LogP contribution in [0, 0.1) is 18.3 Å². The molecule has 2 aromatic rings. The number of nitrogens with zero attached hydrogens (tertiary/aromatic N) is 4. The van der Waals surface area contributed by atoms with E-state index >= 15 is 0 Å². The number of aliphatic hydroxyl groups is 1. The summed E-state index contributed by atoms with van der Waals surface area (Å²) in [6, 6.07) is 7.99. The fourth-order valence-corrected chi connectivity index (χ4v) is 2.48. The van der Waals surface area contributed by atoms with E-state index in [1.807, 2.05) is 6.07 Å². The van der Waals surface area contributed by atoms with Crippen LogP contribution in [0.3, 0.4) is 0 Å². The van der Waals surface area contributed by atoms with Gasteiger partial charge in [0, 0.05) is 18.7 Å². The molecule has 0 amide bonds. The lowest BCUT2D eigenvalue weighted by Gasteiger charge is -2.12. The van der Waals surface area contributed by atoms with Crippen molar-refractivity contribution in [3.8, 4) is 11.9 Å². The van der Waals surface area contributed by atoms with Crippen LogP contribution in [0.4, 0.5) is 11.4 Å². The van der Waals surface area contributed by atoms with E-state index in [1.165, 1.54) is 19.1 Å². The SMILES string of the molecule is CCOC(=O)c1ccc(N=Nc2c(C)c(C#N)c(O)n(CCCO)c2=O)cc1. The first kappa shape index (κ1) is 20.8. The number of ether oxygens (including phenoxy) is 1. The molecule has 0 spiro atoms. The molecule has 9 heteroatoms. The van der Waals surface area contributed by atoms with Crippen LogP contribution in [0.15, 0.2) is 39.3 Å². The molecule has 146 valence electrons. The number of esters is 1. The third-order valence-electron chi connectivity index (χ3n) is 3.95. The number of nitriles is 1. The maximum atomic E-state index is 12.6. The molecule has 0 bridgehead atoms. The number of carbonyl (C=O) groups is 1. The third kappa shape index (κ3) is 4.42. The molecule has 0 aliphatic carbocycles. The molecular weight excluding hydrogens is 364 g/mol. The minimum atomic E-state index is -0.616. The molecule has 1 heterocycles. The van der Waals surface area contributed by atoms with Crippen LogP contribution in [0.1, 0.15) is 34.8 Å². The highest BCUT2D eigenvalue weighted by Gasteiger charge is 2.19. The van der Waals surface area contributed by atoms with Crippen molar-refractivity contribution < 1.29 is 19.7 Å². The molecule has 0 saturated heterocycles. The van der Waals surface area contributed by atoms with Gasteiger partial charge in [-0.05, 0) is 44.5 Å². The number of carbonyl (C=O) groups excluding carboxylic acids is 1. The van der Waals surface area contributed by atoms with Gasteiger partial charge in [0.15, 0.2) is 5.69 Å². The molecule has 2 rings (SSSR count). The van der Waals surface area contributed by atoms with Crippen LogP contribution >= 0.6 is 0 Å². The van der Waals surface area contributed by atoms with Gasteiger partial charge >= 0.3 is 5.97 Å². The number of aromatic nitrogens is 1. The Morgan fingerprint density at radius 1 is 1.29 bits per heavy atom. The van der Waals surface area contributed by atoms with Crippen molar-refractivity contribution in [2.45, 2.75) is 26.8 Å². The van der Waals surface area contributed by atoms with Gasteiger partial charge in [-0.2, -0.15) is 10.4 Å². The van der Waals surface area contributed by atoms with Gasteiger partial charge < -0.3 is 14.9 Å². The van der Waals surface area contributed by atoms with Gasteiger partial charge in [0.1, 0.15) is 11.6 Å². The zero-order valence-corrected chi connectivity index (χ0v) is 15.5. The van der Waals surface area contributed by atoms with Gasteiger partial charge in [0.05, 0.1) is 17.9 Å². The van der Waals surface area contributed by atoms with Crippen LogP contribution in [0.2, 0.25) is 0 Å². The summed E-state index contributed by atoms with van der Waals surface area (Å²) in [5, 5.41) is 36.4. The van der Waals surface area contributed by atoms with E-state index in [-0.39, 0.29) is 43.0 Å². The second kappa shape index (κ2) is 9.43. The average Bonchev–Trinajstić information content (AvgIpc) is 2.69. The van der Waals surface area contributed by atoms with Crippen LogP contribution in [0.25, 0.3) is 0 Å². The van der Waals surface area contributed by atoms with E-state index in [9.17, 15) is 20.0 Å². The Morgan fingerprint density at radius 2 is 1.96 bits per heavy atom. The monoisotopic (exact) mass is 384 g/mol. The number of pyridine rings is 1. The van der Waals surface area contributed by atoms with Crippen molar-refractivity contribution in [2.75, 3.05) is 13.2 Å². The quantitative estimate of drug-likeness (QED) is 0.556. The van der Waals surface area contributed by atoms with Gasteiger partial charge in [-0.15, -0.1) is 5.11 Å². The summed E-state index contributed by atoms with van der Waals surface area (Å²) >= 11 is 0. The molecule has 0 aliphatic heterocycles. The molecule has 0 atom stereocenters. The van der Waals surface area contributed by atoms with Crippen LogP contribution in [0.5, 0.6) is 5.88 Å².